The highest BCUT2D eigenvalue weighted by atomic mass is 32.1. The number of rotatable bonds is 6. The van der Waals surface area contributed by atoms with Gasteiger partial charge in [-0.1, -0.05) is 54.6 Å². The number of hydrogen-bond acceptors (Lipinski definition) is 3. The SMILES string of the molecule is C[C@H](N[C@H](C(=O)c1c[nH]c2ccccc12)c1ccccc1)c1cccs1. The summed E-state index contributed by atoms with van der Waals surface area (Å²) < 4.78 is 0. The van der Waals surface area contributed by atoms with Gasteiger partial charge in [0.25, 0.3) is 0 Å². The summed E-state index contributed by atoms with van der Waals surface area (Å²) in [5.41, 5.74) is 2.68. The summed E-state index contributed by atoms with van der Waals surface area (Å²) in [6.07, 6.45) is 1.82. The van der Waals surface area contributed by atoms with Crippen LogP contribution in [0.5, 0.6) is 0 Å². The van der Waals surface area contributed by atoms with Gasteiger partial charge in [-0.3, -0.25) is 10.1 Å². The first-order valence-corrected chi connectivity index (χ1v) is 9.57. The normalized spacial score (nSPS) is 13.6. The van der Waals surface area contributed by atoms with Crippen LogP contribution in [0.1, 0.15) is 39.8 Å². The van der Waals surface area contributed by atoms with Crippen LogP contribution in [-0.2, 0) is 0 Å². The molecule has 4 aromatic rings. The highest BCUT2D eigenvalue weighted by Crippen LogP contribution is 2.28. The topological polar surface area (TPSA) is 44.9 Å². The minimum absolute atomic E-state index is 0.0806. The van der Waals surface area contributed by atoms with Crippen molar-refractivity contribution >= 4 is 28.0 Å². The fraction of sp³-hybridized carbons (Fsp3) is 0.136. The molecule has 2 N–H and O–H groups in total. The average molecular weight is 360 g/mol. The lowest BCUT2D eigenvalue weighted by atomic mass is 9.96. The van der Waals surface area contributed by atoms with E-state index >= 15 is 0 Å². The number of nitrogens with one attached hydrogen (secondary N) is 2. The van der Waals surface area contributed by atoms with Gasteiger partial charge < -0.3 is 4.98 Å². The highest BCUT2D eigenvalue weighted by Gasteiger charge is 2.26. The zero-order valence-corrected chi connectivity index (χ0v) is 15.3. The maximum atomic E-state index is 13.4. The number of para-hydroxylation sites is 1. The summed E-state index contributed by atoms with van der Waals surface area (Å²) in [6, 6.07) is 21.7. The minimum Gasteiger partial charge on any atom is -0.360 e. The summed E-state index contributed by atoms with van der Waals surface area (Å²) in [4.78, 5) is 17.9. The lowest BCUT2D eigenvalue weighted by Gasteiger charge is -2.22. The monoisotopic (exact) mass is 360 g/mol. The maximum Gasteiger partial charge on any atom is 0.186 e. The number of carbonyl (C=O) groups is 1. The van der Waals surface area contributed by atoms with Crippen molar-refractivity contribution in [2.45, 2.75) is 19.0 Å². The predicted molar refractivity (Wildman–Crippen MR) is 108 cm³/mol. The summed E-state index contributed by atoms with van der Waals surface area (Å²) in [5.74, 6) is 0.0806. The van der Waals surface area contributed by atoms with Crippen molar-refractivity contribution in [2.75, 3.05) is 0 Å². The molecule has 0 aliphatic heterocycles. The Morgan fingerprint density at radius 2 is 1.77 bits per heavy atom. The lowest BCUT2D eigenvalue weighted by molar-refractivity contribution is 0.0938. The molecule has 2 atom stereocenters. The smallest absolute Gasteiger partial charge is 0.186 e. The van der Waals surface area contributed by atoms with Crippen molar-refractivity contribution in [2.24, 2.45) is 0 Å². The molecule has 26 heavy (non-hydrogen) atoms. The van der Waals surface area contributed by atoms with Crippen molar-refractivity contribution < 1.29 is 4.79 Å². The molecule has 0 saturated heterocycles. The molecule has 0 fully saturated rings. The van der Waals surface area contributed by atoms with E-state index in [9.17, 15) is 4.79 Å². The van der Waals surface area contributed by atoms with Gasteiger partial charge in [0.1, 0.15) is 0 Å². The average Bonchev–Trinajstić information content (AvgIpc) is 3.36. The van der Waals surface area contributed by atoms with Crippen molar-refractivity contribution in [3.8, 4) is 0 Å². The van der Waals surface area contributed by atoms with Crippen LogP contribution >= 0.6 is 11.3 Å². The first kappa shape index (κ1) is 16.8. The second kappa shape index (κ2) is 7.28. The molecule has 3 nitrogen and oxygen atoms in total. The summed E-state index contributed by atoms with van der Waals surface area (Å²) >= 11 is 1.70. The molecule has 0 amide bonds. The van der Waals surface area contributed by atoms with Crippen molar-refractivity contribution in [3.05, 3.63) is 94.3 Å². The molecule has 0 aliphatic rings. The third-order valence-electron chi connectivity index (χ3n) is 4.64. The first-order valence-electron chi connectivity index (χ1n) is 8.69. The van der Waals surface area contributed by atoms with Gasteiger partial charge in [-0.15, -0.1) is 11.3 Å². The summed E-state index contributed by atoms with van der Waals surface area (Å²) in [7, 11) is 0. The van der Waals surface area contributed by atoms with Crippen LogP contribution in [0.25, 0.3) is 10.9 Å². The Morgan fingerprint density at radius 1 is 1.00 bits per heavy atom. The number of thiophene rings is 1. The maximum absolute atomic E-state index is 13.4. The molecule has 2 heterocycles. The number of ketones is 1. The number of hydrogen-bond donors (Lipinski definition) is 2. The van der Waals surface area contributed by atoms with E-state index in [0.717, 1.165) is 22.0 Å². The quantitative estimate of drug-likeness (QED) is 0.446. The molecule has 0 aliphatic carbocycles. The largest absolute Gasteiger partial charge is 0.360 e. The van der Waals surface area contributed by atoms with Crippen LogP contribution in [0, 0.1) is 0 Å². The fourth-order valence-corrected chi connectivity index (χ4v) is 4.01. The Kier molecular flexibility index (Phi) is 4.69. The Morgan fingerprint density at radius 3 is 2.54 bits per heavy atom. The van der Waals surface area contributed by atoms with Gasteiger partial charge >= 0.3 is 0 Å². The highest BCUT2D eigenvalue weighted by molar-refractivity contribution is 7.10. The molecular weight excluding hydrogens is 340 g/mol. The molecular formula is C22H20N2OS. The predicted octanol–water partition coefficient (Wildman–Crippen LogP) is 5.50. The van der Waals surface area contributed by atoms with Crippen LogP contribution < -0.4 is 5.32 Å². The van der Waals surface area contributed by atoms with E-state index in [0.29, 0.717) is 0 Å². The molecule has 0 spiro atoms. The molecule has 0 bridgehead atoms. The first-order chi connectivity index (χ1) is 12.7. The van der Waals surface area contributed by atoms with E-state index in [1.165, 1.54) is 4.88 Å². The van der Waals surface area contributed by atoms with Gasteiger partial charge in [-0.25, -0.2) is 0 Å². The minimum atomic E-state index is -0.396. The lowest BCUT2D eigenvalue weighted by Crippen LogP contribution is -2.30. The Bertz CT molecular complexity index is 1010. The fourth-order valence-electron chi connectivity index (χ4n) is 3.27. The van der Waals surface area contributed by atoms with Crippen LogP contribution in [-0.4, -0.2) is 10.8 Å². The van der Waals surface area contributed by atoms with E-state index in [1.807, 2.05) is 66.9 Å². The third kappa shape index (κ3) is 3.21. The zero-order valence-electron chi connectivity index (χ0n) is 14.5. The van der Waals surface area contributed by atoms with Crippen LogP contribution in [0.2, 0.25) is 0 Å². The number of H-pyrrole nitrogens is 1. The number of carbonyl (C=O) groups excluding carboxylic acids is 1. The Hall–Kier alpha value is -2.69. The van der Waals surface area contributed by atoms with Crippen LogP contribution in [0.4, 0.5) is 0 Å². The Balaban J connectivity index is 1.71. The van der Waals surface area contributed by atoms with E-state index in [1.54, 1.807) is 11.3 Å². The summed E-state index contributed by atoms with van der Waals surface area (Å²) in [5, 5.41) is 6.56. The van der Waals surface area contributed by atoms with Crippen molar-refractivity contribution in [1.82, 2.24) is 10.3 Å². The molecule has 130 valence electrons. The molecule has 2 aromatic carbocycles. The van der Waals surface area contributed by atoms with Gasteiger partial charge in [0.05, 0.1) is 6.04 Å². The standard InChI is InChI=1S/C22H20N2OS/c1-15(20-12-7-13-26-20)24-21(16-8-3-2-4-9-16)22(25)18-14-23-19-11-6-5-10-17(18)19/h2-15,21,23-24H,1H3/t15-,21-/m0/s1. The van der Waals surface area contributed by atoms with Crippen molar-refractivity contribution in [1.29, 1.82) is 0 Å². The van der Waals surface area contributed by atoms with Gasteiger partial charge in [-0.2, -0.15) is 0 Å². The second-order valence-corrected chi connectivity index (χ2v) is 7.34. The molecule has 2 aromatic heterocycles. The molecule has 0 unspecified atom stereocenters. The number of fused-ring (bicyclic) bond motifs is 1. The number of Topliss-reactive ketones (excluding diaryl/α,β-unsaturated/α-hetero) is 1. The van der Waals surface area contributed by atoms with E-state index in [-0.39, 0.29) is 11.8 Å². The van der Waals surface area contributed by atoms with Gasteiger partial charge in [-0.05, 0) is 30.0 Å². The molecule has 4 rings (SSSR count). The third-order valence-corrected chi connectivity index (χ3v) is 5.69. The van der Waals surface area contributed by atoms with E-state index < -0.39 is 6.04 Å². The number of aromatic amines is 1. The van der Waals surface area contributed by atoms with Crippen LogP contribution in [0.15, 0.2) is 78.3 Å². The van der Waals surface area contributed by atoms with E-state index in [2.05, 4.69) is 28.7 Å². The molecule has 4 heteroatoms. The van der Waals surface area contributed by atoms with Gasteiger partial charge in [0, 0.05) is 33.6 Å². The van der Waals surface area contributed by atoms with Gasteiger partial charge in [0.15, 0.2) is 5.78 Å². The van der Waals surface area contributed by atoms with Crippen molar-refractivity contribution in [3.63, 3.8) is 0 Å². The molecule has 0 saturated carbocycles. The van der Waals surface area contributed by atoms with Crippen LogP contribution in [0.3, 0.4) is 0 Å². The number of benzene rings is 2. The second-order valence-electron chi connectivity index (χ2n) is 6.36. The van der Waals surface area contributed by atoms with Gasteiger partial charge in [0.2, 0.25) is 0 Å². The zero-order chi connectivity index (χ0) is 17.9. The van der Waals surface area contributed by atoms with E-state index in [4.69, 9.17) is 0 Å². The Labute approximate surface area is 156 Å². The summed E-state index contributed by atoms with van der Waals surface area (Å²) in [6.45, 7) is 2.10. The number of aromatic nitrogens is 1. The molecule has 0 radical (unpaired) electrons.